The lowest BCUT2D eigenvalue weighted by Crippen LogP contribution is -2.37. The average molecular weight is 455 g/mol. The van der Waals surface area contributed by atoms with E-state index in [1.165, 1.54) is 30.0 Å². The van der Waals surface area contributed by atoms with Gasteiger partial charge >= 0.3 is 0 Å². The summed E-state index contributed by atoms with van der Waals surface area (Å²) < 4.78 is 43.2. The summed E-state index contributed by atoms with van der Waals surface area (Å²) in [5.74, 6) is -0.596. The van der Waals surface area contributed by atoms with Crippen LogP contribution in [0.5, 0.6) is 5.75 Å². The molecule has 2 atom stereocenters. The Morgan fingerprint density at radius 1 is 1.24 bits per heavy atom. The number of nitrogens with zero attached hydrogens (tertiary/aromatic N) is 2. The van der Waals surface area contributed by atoms with Crippen LogP contribution in [-0.2, 0) is 14.6 Å². The first-order chi connectivity index (χ1) is 13.8. The first-order valence-corrected chi connectivity index (χ1v) is 11.8. The highest BCUT2D eigenvalue weighted by molar-refractivity contribution is 8.16. The summed E-state index contributed by atoms with van der Waals surface area (Å²) in [6.45, 7) is -0.250. The van der Waals surface area contributed by atoms with E-state index in [1.807, 2.05) is 6.07 Å². The van der Waals surface area contributed by atoms with Gasteiger partial charge in [0.25, 0.3) is 5.91 Å². The fourth-order valence-electron chi connectivity index (χ4n) is 3.30. The van der Waals surface area contributed by atoms with Crippen LogP contribution in [0.25, 0.3) is 0 Å². The summed E-state index contributed by atoms with van der Waals surface area (Å²) in [5, 5.41) is 0.0135. The molecule has 2 aromatic rings. The number of hydrogen-bond donors (Lipinski definition) is 0. The second kappa shape index (κ2) is 7.97. The van der Waals surface area contributed by atoms with Crippen LogP contribution in [0.4, 0.5) is 10.1 Å². The van der Waals surface area contributed by atoms with Crippen molar-refractivity contribution in [2.24, 2.45) is 4.99 Å². The van der Waals surface area contributed by atoms with Crippen molar-refractivity contribution in [2.75, 3.05) is 23.0 Å². The van der Waals surface area contributed by atoms with Crippen LogP contribution in [0, 0.1) is 5.82 Å². The number of fused-ring (bicyclic) bond motifs is 1. The number of amidine groups is 1. The number of para-hydroxylation sites is 1. The number of carbonyl (C=O) groups excluding carboxylic acids is 1. The van der Waals surface area contributed by atoms with Gasteiger partial charge in [-0.05, 0) is 30.3 Å². The Morgan fingerprint density at radius 2 is 2.00 bits per heavy atom. The van der Waals surface area contributed by atoms with Gasteiger partial charge in [-0.25, -0.2) is 12.8 Å². The number of thioether (sulfide) groups is 1. The van der Waals surface area contributed by atoms with Gasteiger partial charge in [0.05, 0.1) is 22.6 Å². The van der Waals surface area contributed by atoms with E-state index in [1.54, 1.807) is 29.2 Å². The van der Waals surface area contributed by atoms with Crippen molar-refractivity contribution in [3.63, 3.8) is 0 Å². The fourth-order valence-corrected chi connectivity index (χ4v) is 7.41. The zero-order chi connectivity index (χ0) is 20.6. The second-order valence-electron chi connectivity index (χ2n) is 6.66. The minimum absolute atomic E-state index is 0.00147. The van der Waals surface area contributed by atoms with Crippen LogP contribution in [0.2, 0.25) is 5.02 Å². The predicted molar refractivity (Wildman–Crippen MR) is 112 cm³/mol. The highest BCUT2D eigenvalue weighted by atomic mass is 35.5. The van der Waals surface area contributed by atoms with Gasteiger partial charge in [-0.3, -0.25) is 4.79 Å². The minimum Gasteiger partial charge on any atom is -0.484 e. The average Bonchev–Trinajstić information content (AvgIpc) is 3.14. The zero-order valence-corrected chi connectivity index (χ0v) is 17.4. The third-order valence-corrected chi connectivity index (χ3v) is 8.07. The summed E-state index contributed by atoms with van der Waals surface area (Å²) in [6, 6.07) is 12.6. The Kier molecular flexibility index (Phi) is 5.54. The van der Waals surface area contributed by atoms with Gasteiger partial charge in [0, 0.05) is 10.9 Å². The van der Waals surface area contributed by atoms with Crippen molar-refractivity contribution in [1.82, 2.24) is 0 Å². The molecular weight excluding hydrogens is 439 g/mol. The number of benzene rings is 2. The van der Waals surface area contributed by atoms with Gasteiger partial charge in [-0.2, -0.15) is 4.99 Å². The molecule has 0 aromatic heterocycles. The lowest BCUT2D eigenvalue weighted by molar-refractivity contribution is -0.119. The zero-order valence-electron chi connectivity index (χ0n) is 15.0. The molecule has 0 N–H and O–H groups in total. The maximum absolute atomic E-state index is 13.6. The minimum atomic E-state index is -3.20. The molecule has 0 aliphatic carbocycles. The number of ether oxygens (including phenoxy) is 1. The van der Waals surface area contributed by atoms with E-state index >= 15 is 0 Å². The Hall–Kier alpha value is -2.10. The van der Waals surface area contributed by atoms with Gasteiger partial charge in [-0.15, -0.1) is 0 Å². The number of sulfone groups is 1. The van der Waals surface area contributed by atoms with Gasteiger partial charge in [0.1, 0.15) is 11.6 Å². The van der Waals surface area contributed by atoms with Crippen molar-refractivity contribution in [3.8, 4) is 5.75 Å². The number of halogens is 2. The molecule has 0 radical (unpaired) electrons. The van der Waals surface area contributed by atoms with Crippen molar-refractivity contribution in [2.45, 2.75) is 11.3 Å². The second-order valence-corrected chi connectivity index (χ2v) is 10.4. The lowest BCUT2D eigenvalue weighted by atomic mass is 10.2. The molecule has 2 aromatic carbocycles. The van der Waals surface area contributed by atoms with E-state index in [4.69, 9.17) is 16.3 Å². The fraction of sp³-hybridized carbons (Fsp3) is 0.263. The van der Waals surface area contributed by atoms with Crippen molar-refractivity contribution >= 4 is 50.0 Å². The Bertz CT molecular complexity index is 1080. The van der Waals surface area contributed by atoms with Gasteiger partial charge < -0.3 is 9.64 Å². The van der Waals surface area contributed by atoms with Crippen LogP contribution in [-0.4, -0.2) is 48.9 Å². The number of anilines is 1. The number of rotatable bonds is 4. The lowest BCUT2D eigenvalue weighted by Gasteiger charge is -2.24. The molecule has 2 heterocycles. The Labute approximate surface area is 176 Å². The Balaban J connectivity index is 1.59. The molecule has 152 valence electrons. The number of aliphatic imine (C=N–C) groups is 1. The highest BCUT2D eigenvalue weighted by Crippen LogP contribution is 2.41. The normalized spacial score (nSPS) is 23.9. The molecule has 10 heteroatoms. The van der Waals surface area contributed by atoms with Crippen LogP contribution in [0.3, 0.4) is 0 Å². The van der Waals surface area contributed by atoms with Crippen LogP contribution < -0.4 is 9.64 Å². The summed E-state index contributed by atoms with van der Waals surface area (Å²) >= 11 is 7.14. The molecule has 1 amide bonds. The quantitative estimate of drug-likeness (QED) is 0.706. The SMILES string of the molecule is O=C(COc1ccccc1)N=C1S[C@@H]2CS(=O)(=O)C[C@@H]2N1c1ccc(F)c(Cl)c1. The van der Waals surface area contributed by atoms with E-state index in [0.717, 1.165) is 0 Å². The maximum atomic E-state index is 13.6. The smallest absolute Gasteiger partial charge is 0.285 e. The highest BCUT2D eigenvalue weighted by Gasteiger charge is 2.49. The summed E-state index contributed by atoms with van der Waals surface area (Å²) in [6.07, 6.45) is 0. The molecule has 29 heavy (non-hydrogen) atoms. The van der Waals surface area contributed by atoms with Crippen molar-refractivity contribution in [1.29, 1.82) is 0 Å². The van der Waals surface area contributed by atoms with Crippen LogP contribution in [0.15, 0.2) is 53.5 Å². The summed E-state index contributed by atoms with van der Waals surface area (Å²) in [5.41, 5.74) is 0.490. The molecule has 2 saturated heterocycles. The number of amides is 1. The largest absolute Gasteiger partial charge is 0.484 e. The van der Waals surface area contributed by atoms with E-state index in [9.17, 15) is 17.6 Å². The van der Waals surface area contributed by atoms with Crippen molar-refractivity contribution in [3.05, 3.63) is 59.4 Å². The van der Waals surface area contributed by atoms with Gasteiger partial charge in [-0.1, -0.05) is 41.6 Å². The van der Waals surface area contributed by atoms with E-state index < -0.39 is 27.6 Å². The number of carbonyl (C=O) groups is 1. The first-order valence-electron chi connectivity index (χ1n) is 8.73. The molecule has 0 bridgehead atoms. The first kappa shape index (κ1) is 20.2. The third kappa shape index (κ3) is 4.41. The molecular formula is C19H16ClFN2O4S2. The predicted octanol–water partition coefficient (Wildman–Crippen LogP) is 3.16. The molecule has 0 unspecified atom stereocenters. The van der Waals surface area contributed by atoms with E-state index in [2.05, 4.69) is 4.99 Å². The Morgan fingerprint density at radius 3 is 2.72 bits per heavy atom. The molecule has 4 rings (SSSR count). The summed E-state index contributed by atoms with van der Waals surface area (Å²) in [7, 11) is -3.20. The van der Waals surface area contributed by atoms with Crippen LogP contribution >= 0.6 is 23.4 Å². The van der Waals surface area contributed by atoms with Crippen molar-refractivity contribution < 1.29 is 22.3 Å². The topological polar surface area (TPSA) is 76.0 Å². The molecule has 2 fully saturated rings. The number of hydrogen-bond acceptors (Lipinski definition) is 5. The molecule has 0 saturated carbocycles. The molecule has 2 aliphatic rings. The standard InChI is InChI=1S/C19H16ClFN2O4S2/c20-14-8-12(6-7-15(14)21)23-16-10-29(25,26)11-17(16)28-19(23)22-18(24)9-27-13-4-2-1-3-5-13/h1-8,16-17H,9-11H2/t16-,17+/m0/s1. The van der Waals surface area contributed by atoms with E-state index in [0.29, 0.717) is 16.6 Å². The maximum Gasteiger partial charge on any atom is 0.285 e. The van der Waals surface area contributed by atoms with Gasteiger partial charge in [0.15, 0.2) is 21.6 Å². The monoisotopic (exact) mass is 454 g/mol. The van der Waals surface area contributed by atoms with E-state index in [-0.39, 0.29) is 28.4 Å². The molecule has 6 nitrogen and oxygen atoms in total. The van der Waals surface area contributed by atoms with Crippen LogP contribution in [0.1, 0.15) is 0 Å². The molecule has 2 aliphatic heterocycles. The third-order valence-electron chi connectivity index (χ3n) is 4.57. The van der Waals surface area contributed by atoms with Gasteiger partial charge in [0.2, 0.25) is 0 Å². The molecule has 0 spiro atoms. The summed E-state index contributed by atoms with van der Waals surface area (Å²) in [4.78, 5) is 18.2.